The molecule has 0 aromatic heterocycles. The van der Waals surface area contributed by atoms with Crippen LogP contribution in [0.1, 0.15) is 39.0 Å². The number of para-hydroxylation sites is 1. The Labute approximate surface area is 187 Å². The third-order valence-electron chi connectivity index (χ3n) is 6.55. The smallest absolute Gasteiger partial charge is 0.224 e. The van der Waals surface area contributed by atoms with E-state index in [9.17, 15) is 4.79 Å². The zero-order valence-corrected chi connectivity index (χ0v) is 19.2. The summed E-state index contributed by atoms with van der Waals surface area (Å²) >= 11 is 0. The normalized spacial score (nSPS) is 18.5. The van der Waals surface area contributed by atoms with Gasteiger partial charge in [0.15, 0.2) is 5.96 Å². The van der Waals surface area contributed by atoms with E-state index in [1.807, 2.05) is 11.0 Å². The van der Waals surface area contributed by atoms with Crippen LogP contribution in [0.4, 0.5) is 5.69 Å². The number of methoxy groups -OCH3 is 1. The average molecular weight is 430 g/mol. The number of aliphatic imine (C=N–C) groups is 1. The monoisotopic (exact) mass is 429 g/mol. The number of nitrogens with zero attached hydrogens (tertiary/aromatic N) is 3. The molecule has 1 heterocycles. The highest BCUT2D eigenvalue weighted by Gasteiger charge is 2.36. The molecule has 1 aliphatic heterocycles. The summed E-state index contributed by atoms with van der Waals surface area (Å²) in [5.41, 5.74) is 1.53. The summed E-state index contributed by atoms with van der Waals surface area (Å²) in [5, 5.41) is 6.66. The molecular formula is C24H39N5O2. The number of anilines is 1. The van der Waals surface area contributed by atoms with Crippen molar-refractivity contribution in [2.24, 2.45) is 10.4 Å². The first-order chi connectivity index (χ1) is 15.2. The van der Waals surface area contributed by atoms with Crippen LogP contribution < -0.4 is 15.5 Å². The van der Waals surface area contributed by atoms with Gasteiger partial charge in [-0.3, -0.25) is 9.79 Å². The quantitative estimate of drug-likeness (QED) is 0.442. The zero-order chi connectivity index (χ0) is 21.9. The summed E-state index contributed by atoms with van der Waals surface area (Å²) < 4.78 is 5.28. The lowest BCUT2D eigenvalue weighted by molar-refractivity contribution is -0.131. The number of ether oxygens (including phenoxy) is 1. The van der Waals surface area contributed by atoms with Gasteiger partial charge in [0, 0.05) is 71.6 Å². The van der Waals surface area contributed by atoms with Gasteiger partial charge in [-0.05, 0) is 43.7 Å². The maximum absolute atomic E-state index is 12.7. The van der Waals surface area contributed by atoms with Crippen molar-refractivity contribution in [1.82, 2.24) is 15.5 Å². The van der Waals surface area contributed by atoms with E-state index in [2.05, 4.69) is 46.7 Å². The molecule has 3 rings (SSSR count). The van der Waals surface area contributed by atoms with Crippen LogP contribution in [0.15, 0.2) is 35.3 Å². The lowest BCUT2D eigenvalue weighted by atomic mass is 9.67. The summed E-state index contributed by atoms with van der Waals surface area (Å²) in [5.74, 6) is 1.03. The topological polar surface area (TPSA) is 69.2 Å². The molecular weight excluding hydrogens is 390 g/mol. The Morgan fingerprint density at radius 1 is 1.13 bits per heavy atom. The lowest BCUT2D eigenvalue weighted by Gasteiger charge is -2.40. The van der Waals surface area contributed by atoms with Crippen molar-refractivity contribution >= 4 is 17.6 Å². The molecule has 0 spiro atoms. The van der Waals surface area contributed by atoms with Crippen molar-refractivity contribution in [3.8, 4) is 0 Å². The number of guanidine groups is 1. The SMILES string of the molecule is CCNC(=NCC1(CCOC)CCC1)NCCC(=O)N1CCN(c2ccccc2)CC1. The van der Waals surface area contributed by atoms with Crippen LogP contribution in [-0.4, -0.2) is 76.3 Å². The molecule has 0 atom stereocenters. The zero-order valence-electron chi connectivity index (χ0n) is 19.2. The van der Waals surface area contributed by atoms with Crippen LogP contribution in [0.25, 0.3) is 0 Å². The molecule has 172 valence electrons. The van der Waals surface area contributed by atoms with E-state index in [0.29, 0.717) is 18.4 Å². The number of piperazine rings is 1. The Kier molecular flexibility index (Phi) is 9.00. The van der Waals surface area contributed by atoms with Gasteiger partial charge in [-0.2, -0.15) is 0 Å². The molecule has 2 aliphatic rings. The molecule has 1 amide bonds. The molecule has 0 radical (unpaired) electrons. The number of nitrogens with one attached hydrogen (secondary N) is 2. The predicted octanol–water partition coefficient (Wildman–Crippen LogP) is 2.49. The van der Waals surface area contributed by atoms with E-state index in [4.69, 9.17) is 9.73 Å². The standard InChI is InChI=1S/C24H39N5O2/c1-3-25-23(27-20-24(11-7-12-24)13-19-31-2)26-14-10-22(30)29-17-15-28(16-18-29)21-8-5-4-6-9-21/h4-6,8-9H,3,7,10-20H2,1-2H3,(H2,25,26,27). The molecule has 0 unspecified atom stereocenters. The second kappa shape index (κ2) is 11.9. The summed E-state index contributed by atoms with van der Waals surface area (Å²) in [6, 6.07) is 10.4. The summed E-state index contributed by atoms with van der Waals surface area (Å²) in [4.78, 5) is 21.8. The molecule has 1 aromatic rings. The van der Waals surface area contributed by atoms with Crippen LogP contribution in [-0.2, 0) is 9.53 Å². The Bertz CT molecular complexity index is 697. The molecule has 2 N–H and O–H groups in total. The molecule has 1 saturated carbocycles. The highest BCUT2D eigenvalue weighted by molar-refractivity contribution is 5.81. The van der Waals surface area contributed by atoms with Crippen molar-refractivity contribution in [1.29, 1.82) is 0 Å². The summed E-state index contributed by atoms with van der Waals surface area (Å²) in [6.45, 7) is 8.44. The van der Waals surface area contributed by atoms with Gasteiger partial charge in [0.05, 0.1) is 0 Å². The Balaban J connectivity index is 1.40. The number of carbonyl (C=O) groups is 1. The van der Waals surface area contributed by atoms with Crippen molar-refractivity contribution < 1.29 is 9.53 Å². The van der Waals surface area contributed by atoms with E-state index in [1.165, 1.54) is 24.9 Å². The van der Waals surface area contributed by atoms with E-state index in [1.54, 1.807) is 7.11 Å². The van der Waals surface area contributed by atoms with E-state index in [-0.39, 0.29) is 5.91 Å². The van der Waals surface area contributed by atoms with Crippen molar-refractivity contribution in [3.63, 3.8) is 0 Å². The van der Waals surface area contributed by atoms with Crippen LogP contribution in [0, 0.1) is 5.41 Å². The molecule has 2 fully saturated rings. The number of carbonyl (C=O) groups excluding carboxylic acids is 1. The number of hydrogen-bond acceptors (Lipinski definition) is 4. The molecule has 7 nitrogen and oxygen atoms in total. The van der Waals surface area contributed by atoms with Crippen LogP contribution in [0.5, 0.6) is 0 Å². The van der Waals surface area contributed by atoms with Crippen molar-refractivity contribution in [3.05, 3.63) is 30.3 Å². The van der Waals surface area contributed by atoms with Gasteiger partial charge in [-0.1, -0.05) is 24.6 Å². The van der Waals surface area contributed by atoms with Gasteiger partial charge in [-0.15, -0.1) is 0 Å². The first-order valence-electron chi connectivity index (χ1n) is 11.7. The van der Waals surface area contributed by atoms with Gasteiger partial charge < -0.3 is 25.2 Å². The minimum Gasteiger partial charge on any atom is -0.385 e. The van der Waals surface area contributed by atoms with Gasteiger partial charge in [-0.25, -0.2) is 0 Å². The molecule has 1 aromatic carbocycles. The number of benzene rings is 1. The lowest BCUT2D eigenvalue weighted by Crippen LogP contribution is -2.49. The van der Waals surface area contributed by atoms with Crippen LogP contribution in [0.3, 0.4) is 0 Å². The van der Waals surface area contributed by atoms with Gasteiger partial charge >= 0.3 is 0 Å². The first-order valence-corrected chi connectivity index (χ1v) is 11.7. The maximum atomic E-state index is 12.7. The average Bonchev–Trinajstić information content (AvgIpc) is 2.78. The maximum Gasteiger partial charge on any atom is 0.224 e. The summed E-state index contributed by atoms with van der Waals surface area (Å²) in [6.07, 6.45) is 5.30. The first kappa shape index (κ1) is 23.4. The number of hydrogen-bond donors (Lipinski definition) is 2. The second-order valence-electron chi connectivity index (χ2n) is 8.67. The summed E-state index contributed by atoms with van der Waals surface area (Å²) in [7, 11) is 1.76. The second-order valence-corrected chi connectivity index (χ2v) is 8.67. The molecule has 1 aliphatic carbocycles. The third kappa shape index (κ3) is 6.86. The predicted molar refractivity (Wildman–Crippen MR) is 127 cm³/mol. The third-order valence-corrected chi connectivity index (χ3v) is 6.55. The Hall–Kier alpha value is -2.28. The molecule has 7 heteroatoms. The Morgan fingerprint density at radius 3 is 2.48 bits per heavy atom. The van der Waals surface area contributed by atoms with Gasteiger partial charge in [0.2, 0.25) is 5.91 Å². The van der Waals surface area contributed by atoms with Crippen molar-refractivity contribution in [2.45, 2.75) is 39.0 Å². The minimum atomic E-state index is 0.214. The highest BCUT2D eigenvalue weighted by Crippen LogP contribution is 2.44. The van der Waals surface area contributed by atoms with E-state index < -0.39 is 0 Å². The van der Waals surface area contributed by atoms with Crippen LogP contribution in [0.2, 0.25) is 0 Å². The molecule has 1 saturated heterocycles. The Morgan fingerprint density at radius 2 is 1.87 bits per heavy atom. The fourth-order valence-corrected chi connectivity index (χ4v) is 4.37. The molecule has 31 heavy (non-hydrogen) atoms. The van der Waals surface area contributed by atoms with E-state index >= 15 is 0 Å². The number of amides is 1. The minimum absolute atomic E-state index is 0.214. The fourth-order valence-electron chi connectivity index (χ4n) is 4.37. The highest BCUT2D eigenvalue weighted by atomic mass is 16.5. The van der Waals surface area contributed by atoms with Crippen LogP contribution >= 0.6 is 0 Å². The number of rotatable bonds is 10. The van der Waals surface area contributed by atoms with Gasteiger partial charge in [0.25, 0.3) is 0 Å². The fraction of sp³-hybridized carbons (Fsp3) is 0.667. The van der Waals surface area contributed by atoms with Crippen molar-refractivity contribution in [2.75, 3.05) is 64.4 Å². The van der Waals surface area contributed by atoms with E-state index in [0.717, 1.165) is 58.3 Å². The van der Waals surface area contributed by atoms with Gasteiger partial charge in [0.1, 0.15) is 0 Å². The molecule has 0 bridgehead atoms. The largest absolute Gasteiger partial charge is 0.385 e.